The molecule has 0 unspecified atom stereocenters. The average Bonchev–Trinajstić information content (AvgIpc) is 3.47. The molecule has 148 valence electrons. The number of carbonyl (C=O) groups excluding carboxylic acids is 2. The minimum absolute atomic E-state index is 0.0760. The molecule has 0 heterocycles. The van der Waals surface area contributed by atoms with Crippen molar-refractivity contribution < 1.29 is 14.0 Å². The summed E-state index contributed by atoms with van der Waals surface area (Å²) in [5, 5.41) is 3.36. The molecule has 5 nitrogen and oxygen atoms in total. The molecule has 28 heavy (non-hydrogen) atoms. The van der Waals surface area contributed by atoms with E-state index in [1.165, 1.54) is 6.07 Å². The van der Waals surface area contributed by atoms with Crippen molar-refractivity contribution >= 4 is 29.1 Å². The maximum atomic E-state index is 14.0. The van der Waals surface area contributed by atoms with Gasteiger partial charge in [-0.1, -0.05) is 29.8 Å². The van der Waals surface area contributed by atoms with Crippen molar-refractivity contribution in [1.82, 2.24) is 9.80 Å². The van der Waals surface area contributed by atoms with Crippen LogP contribution in [0.15, 0.2) is 48.5 Å². The van der Waals surface area contributed by atoms with Gasteiger partial charge in [0.05, 0.1) is 13.1 Å². The van der Waals surface area contributed by atoms with Gasteiger partial charge in [0.2, 0.25) is 11.8 Å². The highest BCUT2D eigenvalue weighted by Crippen LogP contribution is 2.29. The third-order valence-corrected chi connectivity index (χ3v) is 4.81. The quantitative estimate of drug-likeness (QED) is 0.733. The van der Waals surface area contributed by atoms with Crippen molar-refractivity contribution in [3.05, 3.63) is 64.9 Å². The average molecular weight is 404 g/mol. The summed E-state index contributed by atoms with van der Waals surface area (Å²) in [4.78, 5) is 28.3. The van der Waals surface area contributed by atoms with Crippen LogP contribution in [0.5, 0.6) is 0 Å². The van der Waals surface area contributed by atoms with Crippen LogP contribution in [0.25, 0.3) is 0 Å². The Labute approximate surface area is 169 Å². The first-order valence-corrected chi connectivity index (χ1v) is 9.57. The predicted octanol–water partition coefficient (Wildman–Crippen LogP) is 3.54. The van der Waals surface area contributed by atoms with E-state index in [0.29, 0.717) is 16.3 Å². The molecular weight excluding hydrogens is 381 g/mol. The molecule has 2 aromatic carbocycles. The highest BCUT2D eigenvalue weighted by Gasteiger charge is 2.33. The number of nitrogens with one attached hydrogen (secondary N) is 1. The smallest absolute Gasteiger partial charge is 0.238 e. The summed E-state index contributed by atoms with van der Waals surface area (Å²) in [6.45, 7) is 0.423. The lowest BCUT2D eigenvalue weighted by atomic mass is 10.2. The van der Waals surface area contributed by atoms with E-state index in [4.69, 9.17) is 11.6 Å². The maximum absolute atomic E-state index is 14.0. The summed E-state index contributed by atoms with van der Waals surface area (Å²) in [6.07, 6.45) is 1.86. The van der Waals surface area contributed by atoms with Crippen molar-refractivity contribution in [2.45, 2.75) is 25.4 Å². The van der Waals surface area contributed by atoms with Gasteiger partial charge in [-0.05, 0) is 50.2 Å². The van der Waals surface area contributed by atoms with Gasteiger partial charge in [-0.3, -0.25) is 14.5 Å². The topological polar surface area (TPSA) is 52.7 Å². The van der Waals surface area contributed by atoms with Gasteiger partial charge in [-0.2, -0.15) is 0 Å². The van der Waals surface area contributed by atoms with Gasteiger partial charge in [-0.15, -0.1) is 0 Å². The Morgan fingerprint density at radius 1 is 1.11 bits per heavy atom. The normalized spacial score (nSPS) is 13.4. The molecule has 3 rings (SSSR count). The fourth-order valence-corrected chi connectivity index (χ4v) is 3.10. The third-order valence-electron chi connectivity index (χ3n) is 4.55. The molecule has 7 heteroatoms. The van der Waals surface area contributed by atoms with Crippen LogP contribution in [0.1, 0.15) is 18.4 Å². The zero-order chi connectivity index (χ0) is 20.1. The van der Waals surface area contributed by atoms with Crippen molar-refractivity contribution in [1.29, 1.82) is 0 Å². The van der Waals surface area contributed by atoms with Crippen LogP contribution in [0, 0.1) is 5.82 Å². The second-order valence-electron chi connectivity index (χ2n) is 7.07. The standard InChI is InChI=1S/C21H23ClFN3O2/c1-25(13-20(27)24-17-8-6-16(22)7-9-17)14-21(28)26(18-10-11-18)12-15-4-2-3-5-19(15)23/h2-9,18H,10-14H2,1H3,(H,24,27). The number of hydrogen-bond acceptors (Lipinski definition) is 3. The molecule has 0 spiro atoms. The van der Waals surface area contributed by atoms with Crippen molar-refractivity contribution in [3.63, 3.8) is 0 Å². The number of rotatable bonds is 8. The number of nitrogens with zero attached hydrogens (tertiary/aromatic N) is 2. The molecule has 1 aliphatic rings. The predicted molar refractivity (Wildman–Crippen MR) is 108 cm³/mol. The van der Waals surface area contributed by atoms with Gasteiger partial charge in [-0.25, -0.2) is 4.39 Å². The molecule has 1 aliphatic carbocycles. The Balaban J connectivity index is 1.53. The fraction of sp³-hybridized carbons (Fsp3) is 0.333. The molecule has 0 aromatic heterocycles. The Morgan fingerprint density at radius 3 is 2.43 bits per heavy atom. The third kappa shape index (κ3) is 5.78. The summed E-state index contributed by atoms with van der Waals surface area (Å²) in [6, 6.07) is 13.5. The van der Waals surface area contributed by atoms with Gasteiger partial charge in [0.1, 0.15) is 5.82 Å². The lowest BCUT2D eigenvalue weighted by Gasteiger charge is -2.25. The lowest BCUT2D eigenvalue weighted by Crippen LogP contribution is -2.42. The molecule has 0 radical (unpaired) electrons. The Bertz CT molecular complexity index is 840. The summed E-state index contributed by atoms with van der Waals surface area (Å²) < 4.78 is 14.0. The van der Waals surface area contributed by atoms with E-state index in [1.807, 2.05) is 0 Å². The molecule has 0 saturated heterocycles. The Kier molecular flexibility index (Phi) is 6.65. The summed E-state index contributed by atoms with van der Waals surface area (Å²) >= 11 is 5.83. The Hall–Kier alpha value is -2.44. The van der Waals surface area contributed by atoms with Gasteiger partial charge >= 0.3 is 0 Å². The molecule has 1 fully saturated rings. The highest BCUT2D eigenvalue weighted by atomic mass is 35.5. The molecule has 0 bridgehead atoms. The van der Waals surface area contributed by atoms with E-state index >= 15 is 0 Å². The number of likely N-dealkylation sites (N-methyl/N-ethyl adjacent to an activating group) is 1. The van der Waals surface area contributed by atoms with E-state index in [9.17, 15) is 14.0 Å². The van der Waals surface area contributed by atoms with Gasteiger partial charge < -0.3 is 10.2 Å². The zero-order valence-corrected chi connectivity index (χ0v) is 16.5. The number of amides is 2. The highest BCUT2D eigenvalue weighted by molar-refractivity contribution is 6.30. The number of benzene rings is 2. The van der Waals surface area contributed by atoms with E-state index in [1.54, 1.807) is 59.3 Å². The summed E-state index contributed by atoms with van der Waals surface area (Å²) in [5.41, 5.74) is 1.15. The van der Waals surface area contributed by atoms with E-state index in [-0.39, 0.29) is 43.3 Å². The molecule has 2 amide bonds. The van der Waals surface area contributed by atoms with E-state index in [2.05, 4.69) is 5.32 Å². The first-order valence-electron chi connectivity index (χ1n) is 9.19. The minimum atomic E-state index is -0.309. The molecule has 1 N–H and O–H groups in total. The second-order valence-corrected chi connectivity index (χ2v) is 7.51. The summed E-state index contributed by atoms with van der Waals surface area (Å²) in [7, 11) is 1.72. The molecule has 0 aliphatic heterocycles. The first kappa shape index (κ1) is 20.3. The van der Waals surface area contributed by atoms with Gasteiger partial charge in [0.25, 0.3) is 0 Å². The molecule has 0 atom stereocenters. The summed E-state index contributed by atoms with van der Waals surface area (Å²) in [5.74, 6) is -0.631. The number of carbonyl (C=O) groups is 2. The van der Waals surface area contributed by atoms with Crippen molar-refractivity contribution in [2.24, 2.45) is 0 Å². The van der Waals surface area contributed by atoms with Crippen LogP contribution in [0.2, 0.25) is 5.02 Å². The minimum Gasteiger partial charge on any atom is -0.334 e. The largest absolute Gasteiger partial charge is 0.334 e. The van der Waals surface area contributed by atoms with Crippen LogP contribution in [0.3, 0.4) is 0 Å². The molecule has 1 saturated carbocycles. The van der Waals surface area contributed by atoms with Crippen LogP contribution in [0.4, 0.5) is 10.1 Å². The van der Waals surface area contributed by atoms with E-state index < -0.39 is 0 Å². The van der Waals surface area contributed by atoms with Gasteiger partial charge in [0, 0.05) is 28.9 Å². The fourth-order valence-electron chi connectivity index (χ4n) is 2.97. The van der Waals surface area contributed by atoms with Gasteiger partial charge in [0.15, 0.2) is 0 Å². The monoisotopic (exact) mass is 403 g/mol. The number of halogens is 2. The van der Waals surface area contributed by atoms with Crippen molar-refractivity contribution in [3.8, 4) is 0 Å². The molecule has 2 aromatic rings. The first-order chi connectivity index (χ1) is 13.4. The van der Waals surface area contributed by atoms with Crippen molar-refractivity contribution in [2.75, 3.05) is 25.5 Å². The Morgan fingerprint density at radius 2 is 1.79 bits per heavy atom. The van der Waals surface area contributed by atoms with Crippen LogP contribution >= 0.6 is 11.6 Å². The maximum Gasteiger partial charge on any atom is 0.238 e. The lowest BCUT2D eigenvalue weighted by molar-refractivity contribution is -0.133. The zero-order valence-electron chi connectivity index (χ0n) is 15.7. The van der Waals surface area contributed by atoms with Crippen LogP contribution < -0.4 is 5.32 Å². The second kappa shape index (κ2) is 9.17. The SMILES string of the molecule is CN(CC(=O)Nc1ccc(Cl)cc1)CC(=O)N(Cc1ccccc1F)C1CC1. The molecular formula is C21H23ClFN3O2. The van der Waals surface area contributed by atoms with Crippen LogP contribution in [-0.2, 0) is 16.1 Å². The van der Waals surface area contributed by atoms with Crippen LogP contribution in [-0.4, -0.2) is 47.8 Å². The number of anilines is 1. The van der Waals surface area contributed by atoms with E-state index in [0.717, 1.165) is 12.8 Å². The number of hydrogen-bond donors (Lipinski definition) is 1.